The maximum absolute atomic E-state index is 10.6. The molecule has 0 amide bonds. The Balaban J connectivity index is 3.40. The van der Waals surface area contributed by atoms with Gasteiger partial charge in [0.2, 0.25) is 0 Å². The summed E-state index contributed by atoms with van der Waals surface area (Å²) in [4.78, 5) is 11.3. The van der Waals surface area contributed by atoms with Crippen LogP contribution in [0.3, 0.4) is 0 Å². The summed E-state index contributed by atoms with van der Waals surface area (Å²) in [6.07, 6.45) is 0.852. The normalized spacial score (nSPS) is 9.73. The Kier molecular flexibility index (Phi) is 2.35. The number of carbonyl (C=O) groups excluding carboxylic acids is 1. The van der Waals surface area contributed by atoms with Gasteiger partial charge in [-0.3, -0.25) is 4.79 Å². The molecular weight excluding hydrogens is 156 g/mol. The van der Waals surface area contributed by atoms with E-state index in [4.69, 9.17) is 0 Å². The summed E-state index contributed by atoms with van der Waals surface area (Å²) in [5.74, 6) is 0. The van der Waals surface area contributed by atoms with E-state index in [0.717, 1.165) is 22.3 Å². The molecule has 0 aliphatic rings. The molecule has 0 atom stereocenters. The van der Waals surface area contributed by atoms with Crippen LogP contribution in [0.2, 0.25) is 0 Å². The number of benzene rings is 1. The summed E-state index contributed by atoms with van der Waals surface area (Å²) in [5, 5.41) is 0. The minimum Gasteiger partial charge on any atom is -0.298 e. The second kappa shape index (κ2) is 3.09. The average molecular weight is 166 g/mol. The Hall–Kier alpha value is -0.760. The number of rotatable bonds is 1. The van der Waals surface area contributed by atoms with E-state index in [0.29, 0.717) is 5.56 Å². The van der Waals surface area contributed by atoms with Crippen molar-refractivity contribution in [2.45, 2.75) is 18.7 Å². The fraction of sp³-hybridized carbons (Fsp3) is 0.222. The maximum atomic E-state index is 10.6. The standard InChI is InChI=1S/C9H10OS/c1-6-3-4-9(11)8(5-10)7(6)2/h3-5,11H,1-2H3. The van der Waals surface area contributed by atoms with Gasteiger partial charge < -0.3 is 0 Å². The van der Waals surface area contributed by atoms with Crippen LogP contribution in [0.1, 0.15) is 21.5 Å². The molecule has 1 nitrogen and oxygen atoms in total. The van der Waals surface area contributed by atoms with Gasteiger partial charge in [-0.25, -0.2) is 0 Å². The Labute approximate surface area is 71.8 Å². The second-order valence-electron chi connectivity index (χ2n) is 2.56. The molecule has 0 radical (unpaired) electrons. The van der Waals surface area contributed by atoms with Crippen molar-refractivity contribution in [2.24, 2.45) is 0 Å². The molecule has 0 bridgehead atoms. The molecule has 0 spiro atoms. The van der Waals surface area contributed by atoms with Gasteiger partial charge in [-0.05, 0) is 31.0 Å². The van der Waals surface area contributed by atoms with Crippen LogP contribution in [0.25, 0.3) is 0 Å². The summed E-state index contributed by atoms with van der Waals surface area (Å²) in [5.41, 5.74) is 2.85. The molecule has 0 fully saturated rings. The third-order valence-electron chi connectivity index (χ3n) is 1.88. The second-order valence-corrected chi connectivity index (χ2v) is 3.04. The van der Waals surface area contributed by atoms with E-state index in [1.807, 2.05) is 26.0 Å². The van der Waals surface area contributed by atoms with Crippen molar-refractivity contribution in [1.82, 2.24) is 0 Å². The van der Waals surface area contributed by atoms with Crippen LogP contribution in [0.5, 0.6) is 0 Å². The van der Waals surface area contributed by atoms with E-state index in [1.54, 1.807) is 0 Å². The molecule has 0 aromatic heterocycles. The number of aldehydes is 1. The highest BCUT2D eigenvalue weighted by Crippen LogP contribution is 2.18. The molecule has 58 valence electrons. The van der Waals surface area contributed by atoms with E-state index in [-0.39, 0.29) is 0 Å². The van der Waals surface area contributed by atoms with E-state index in [2.05, 4.69) is 12.6 Å². The molecule has 1 aromatic carbocycles. The third-order valence-corrected chi connectivity index (χ3v) is 2.27. The van der Waals surface area contributed by atoms with E-state index in [1.165, 1.54) is 0 Å². The van der Waals surface area contributed by atoms with Crippen molar-refractivity contribution in [3.8, 4) is 0 Å². The Morgan fingerprint density at radius 3 is 2.45 bits per heavy atom. The van der Waals surface area contributed by atoms with Crippen LogP contribution in [0, 0.1) is 13.8 Å². The lowest BCUT2D eigenvalue weighted by atomic mass is 10.0. The van der Waals surface area contributed by atoms with Crippen LogP contribution in [0.15, 0.2) is 17.0 Å². The molecular formula is C9H10OS. The van der Waals surface area contributed by atoms with Gasteiger partial charge in [0.15, 0.2) is 6.29 Å². The van der Waals surface area contributed by atoms with Gasteiger partial charge in [-0.15, -0.1) is 12.6 Å². The lowest BCUT2D eigenvalue weighted by molar-refractivity contribution is 0.112. The highest BCUT2D eigenvalue weighted by molar-refractivity contribution is 7.80. The SMILES string of the molecule is Cc1ccc(S)c(C=O)c1C. The Bertz CT molecular complexity index is 292. The molecule has 2 heteroatoms. The topological polar surface area (TPSA) is 17.1 Å². The highest BCUT2D eigenvalue weighted by Gasteiger charge is 2.02. The predicted molar refractivity (Wildman–Crippen MR) is 48.6 cm³/mol. The Morgan fingerprint density at radius 1 is 1.36 bits per heavy atom. The number of hydrogen-bond donors (Lipinski definition) is 1. The van der Waals surface area contributed by atoms with Crippen molar-refractivity contribution >= 4 is 18.9 Å². The molecule has 0 saturated carbocycles. The predicted octanol–water partition coefficient (Wildman–Crippen LogP) is 2.40. The number of thiol groups is 1. The zero-order valence-electron chi connectivity index (χ0n) is 6.59. The van der Waals surface area contributed by atoms with Crippen molar-refractivity contribution in [3.63, 3.8) is 0 Å². The summed E-state index contributed by atoms with van der Waals surface area (Å²) < 4.78 is 0. The average Bonchev–Trinajstić information content (AvgIpc) is 1.99. The van der Waals surface area contributed by atoms with Gasteiger partial charge in [0.1, 0.15) is 0 Å². The molecule has 0 heterocycles. The number of hydrogen-bond acceptors (Lipinski definition) is 2. The monoisotopic (exact) mass is 166 g/mol. The van der Waals surface area contributed by atoms with Gasteiger partial charge >= 0.3 is 0 Å². The van der Waals surface area contributed by atoms with Crippen LogP contribution in [-0.4, -0.2) is 6.29 Å². The van der Waals surface area contributed by atoms with Gasteiger partial charge in [-0.1, -0.05) is 6.07 Å². The molecule has 0 unspecified atom stereocenters. The van der Waals surface area contributed by atoms with Crippen molar-refractivity contribution < 1.29 is 4.79 Å². The van der Waals surface area contributed by atoms with Crippen LogP contribution in [-0.2, 0) is 0 Å². The van der Waals surface area contributed by atoms with E-state index < -0.39 is 0 Å². The highest BCUT2D eigenvalue weighted by atomic mass is 32.1. The molecule has 0 aliphatic heterocycles. The molecule has 0 aliphatic carbocycles. The third kappa shape index (κ3) is 1.46. The van der Waals surface area contributed by atoms with E-state index >= 15 is 0 Å². The first-order valence-corrected chi connectivity index (χ1v) is 3.86. The van der Waals surface area contributed by atoms with Crippen LogP contribution < -0.4 is 0 Å². The largest absolute Gasteiger partial charge is 0.298 e. The van der Waals surface area contributed by atoms with Crippen molar-refractivity contribution in [2.75, 3.05) is 0 Å². The lowest BCUT2D eigenvalue weighted by Crippen LogP contribution is -1.91. The van der Waals surface area contributed by atoms with Crippen LogP contribution in [0.4, 0.5) is 0 Å². The fourth-order valence-corrected chi connectivity index (χ4v) is 1.27. The van der Waals surface area contributed by atoms with Gasteiger partial charge in [0.25, 0.3) is 0 Å². The summed E-state index contributed by atoms with van der Waals surface area (Å²) in [6.45, 7) is 3.91. The maximum Gasteiger partial charge on any atom is 0.151 e. The molecule has 1 aromatic rings. The summed E-state index contributed by atoms with van der Waals surface area (Å²) in [6, 6.07) is 3.81. The first-order valence-electron chi connectivity index (χ1n) is 3.41. The minimum absolute atomic E-state index is 0.702. The molecule has 0 N–H and O–H groups in total. The molecule has 11 heavy (non-hydrogen) atoms. The molecule has 1 rings (SSSR count). The lowest BCUT2D eigenvalue weighted by Gasteiger charge is -2.04. The van der Waals surface area contributed by atoms with Crippen molar-refractivity contribution in [1.29, 1.82) is 0 Å². The fourth-order valence-electron chi connectivity index (χ4n) is 0.972. The molecule has 0 saturated heterocycles. The quantitative estimate of drug-likeness (QED) is 0.501. The van der Waals surface area contributed by atoms with Crippen molar-refractivity contribution in [3.05, 3.63) is 28.8 Å². The first-order chi connectivity index (χ1) is 5.16. The van der Waals surface area contributed by atoms with E-state index in [9.17, 15) is 4.79 Å². The summed E-state index contributed by atoms with van der Waals surface area (Å²) >= 11 is 4.16. The Morgan fingerprint density at radius 2 is 2.00 bits per heavy atom. The van der Waals surface area contributed by atoms with Gasteiger partial charge in [0, 0.05) is 10.5 Å². The minimum atomic E-state index is 0.702. The van der Waals surface area contributed by atoms with Gasteiger partial charge in [-0.2, -0.15) is 0 Å². The van der Waals surface area contributed by atoms with Gasteiger partial charge in [0.05, 0.1) is 0 Å². The zero-order chi connectivity index (χ0) is 8.43. The smallest absolute Gasteiger partial charge is 0.151 e. The summed E-state index contributed by atoms with van der Waals surface area (Å²) in [7, 11) is 0. The first kappa shape index (κ1) is 8.34. The zero-order valence-corrected chi connectivity index (χ0v) is 7.48. The number of carbonyl (C=O) groups is 1. The number of aryl methyl sites for hydroxylation is 1. The van der Waals surface area contributed by atoms with Crippen LogP contribution >= 0.6 is 12.6 Å².